The second-order valence-electron chi connectivity index (χ2n) is 6.55. The Morgan fingerprint density at radius 1 is 1.03 bits per heavy atom. The summed E-state index contributed by atoms with van der Waals surface area (Å²) in [5.41, 5.74) is 0.802. The first-order valence-electron chi connectivity index (χ1n) is 9.46. The van der Waals surface area contributed by atoms with Gasteiger partial charge in [-0.1, -0.05) is 36.4 Å². The van der Waals surface area contributed by atoms with Crippen LogP contribution in [0.2, 0.25) is 0 Å². The van der Waals surface area contributed by atoms with E-state index in [-0.39, 0.29) is 18.9 Å². The molecule has 6 nitrogen and oxygen atoms in total. The molecule has 0 aliphatic heterocycles. The van der Waals surface area contributed by atoms with Crippen molar-refractivity contribution in [1.29, 1.82) is 0 Å². The van der Waals surface area contributed by atoms with Crippen molar-refractivity contribution in [3.63, 3.8) is 0 Å². The summed E-state index contributed by atoms with van der Waals surface area (Å²) < 4.78 is 49.0. The number of aromatic nitrogens is 2. The van der Waals surface area contributed by atoms with Crippen LogP contribution in [0.5, 0.6) is 11.6 Å². The van der Waals surface area contributed by atoms with Crippen molar-refractivity contribution >= 4 is 5.91 Å². The predicted octanol–water partition coefficient (Wildman–Crippen LogP) is 4.12. The van der Waals surface area contributed by atoms with Gasteiger partial charge in [-0.3, -0.25) is 4.79 Å². The summed E-state index contributed by atoms with van der Waals surface area (Å²) in [6.45, 7) is 1.75. The molecular weight excluding hydrogens is 411 g/mol. The molecule has 0 spiro atoms. The van der Waals surface area contributed by atoms with Crippen LogP contribution in [-0.2, 0) is 11.0 Å². The van der Waals surface area contributed by atoms with Crippen LogP contribution in [0.4, 0.5) is 13.2 Å². The first-order chi connectivity index (χ1) is 14.8. The number of amides is 1. The highest BCUT2D eigenvalue weighted by Gasteiger charge is 2.30. The highest BCUT2D eigenvalue weighted by molar-refractivity contribution is 5.80. The lowest BCUT2D eigenvalue weighted by Gasteiger charge is -2.16. The lowest BCUT2D eigenvalue weighted by molar-refractivity contribution is -0.137. The van der Waals surface area contributed by atoms with Crippen LogP contribution in [0.3, 0.4) is 0 Å². The van der Waals surface area contributed by atoms with E-state index in [0.29, 0.717) is 11.6 Å². The largest absolute Gasteiger partial charge is 0.481 e. The van der Waals surface area contributed by atoms with Gasteiger partial charge in [0.15, 0.2) is 6.10 Å². The molecule has 1 N–H and O–H groups in total. The molecule has 0 saturated heterocycles. The van der Waals surface area contributed by atoms with E-state index in [4.69, 9.17) is 9.47 Å². The van der Waals surface area contributed by atoms with E-state index in [2.05, 4.69) is 15.5 Å². The fourth-order valence-corrected chi connectivity index (χ4v) is 2.64. The average molecular weight is 431 g/mol. The summed E-state index contributed by atoms with van der Waals surface area (Å²) >= 11 is 0. The van der Waals surface area contributed by atoms with E-state index in [9.17, 15) is 18.0 Å². The fourth-order valence-electron chi connectivity index (χ4n) is 2.64. The molecule has 3 aromatic rings. The third-order valence-corrected chi connectivity index (χ3v) is 4.20. The first kappa shape index (κ1) is 22.1. The Labute approximate surface area is 177 Å². The van der Waals surface area contributed by atoms with Crippen LogP contribution in [0.15, 0.2) is 66.7 Å². The SMILES string of the molecule is CC(Oc1cccc(C(F)(F)F)c1)C(=O)NCCOc1ccc(-c2ccccc2)nn1. The number of benzene rings is 2. The van der Waals surface area contributed by atoms with Crippen molar-refractivity contribution in [3.8, 4) is 22.9 Å². The molecule has 1 aromatic heterocycles. The summed E-state index contributed by atoms with van der Waals surface area (Å²) in [6.07, 6.45) is -5.46. The maximum absolute atomic E-state index is 12.8. The molecule has 9 heteroatoms. The molecule has 0 radical (unpaired) electrons. The van der Waals surface area contributed by atoms with Crippen LogP contribution in [0.25, 0.3) is 11.3 Å². The maximum Gasteiger partial charge on any atom is 0.416 e. The quantitative estimate of drug-likeness (QED) is 0.543. The zero-order valence-corrected chi connectivity index (χ0v) is 16.6. The van der Waals surface area contributed by atoms with Gasteiger partial charge < -0.3 is 14.8 Å². The molecule has 0 aliphatic carbocycles. The van der Waals surface area contributed by atoms with E-state index in [0.717, 1.165) is 17.7 Å². The third-order valence-electron chi connectivity index (χ3n) is 4.20. The van der Waals surface area contributed by atoms with E-state index >= 15 is 0 Å². The molecule has 2 aromatic carbocycles. The molecule has 0 saturated carbocycles. The highest BCUT2D eigenvalue weighted by atomic mass is 19.4. The smallest absolute Gasteiger partial charge is 0.416 e. The third kappa shape index (κ3) is 6.43. The van der Waals surface area contributed by atoms with E-state index < -0.39 is 23.8 Å². The van der Waals surface area contributed by atoms with Crippen LogP contribution >= 0.6 is 0 Å². The molecule has 3 rings (SSSR count). The van der Waals surface area contributed by atoms with Gasteiger partial charge in [-0.25, -0.2) is 0 Å². The van der Waals surface area contributed by atoms with Crippen LogP contribution in [0, 0.1) is 0 Å². The zero-order chi connectivity index (χ0) is 22.3. The van der Waals surface area contributed by atoms with Gasteiger partial charge in [-0.2, -0.15) is 13.2 Å². The fraction of sp³-hybridized carbons (Fsp3) is 0.227. The summed E-state index contributed by atoms with van der Waals surface area (Å²) in [4.78, 5) is 12.1. The Bertz CT molecular complexity index is 996. The Balaban J connectivity index is 1.43. The normalized spacial score (nSPS) is 12.1. The number of carbonyl (C=O) groups is 1. The maximum atomic E-state index is 12.8. The van der Waals surface area contributed by atoms with Crippen LogP contribution in [0.1, 0.15) is 12.5 Å². The number of hydrogen-bond acceptors (Lipinski definition) is 5. The molecular formula is C22H20F3N3O3. The van der Waals surface area contributed by atoms with Gasteiger partial charge in [-0.15, -0.1) is 10.2 Å². The minimum Gasteiger partial charge on any atom is -0.481 e. The number of ether oxygens (including phenoxy) is 2. The number of alkyl halides is 3. The molecule has 0 aliphatic rings. The Hall–Kier alpha value is -3.62. The molecule has 1 amide bonds. The average Bonchev–Trinajstić information content (AvgIpc) is 2.77. The minimum atomic E-state index is -4.48. The molecule has 0 fully saturated rings. The van der Waals surface area contributed by atoms with Crippen molar-refractivity contribution in [2.24, 2.45) is 0 Å². The van der Waals surface area contributed by atoms with E-state index in [1.165, 1.54) is 19.1 Å². The monoisotopic (exact) mass is 431 g/mol. The zero-order valence-electron chi connectivity index (χ0n) is 16.6. The summed E-state index contributed by atoms with van der Waals surface area (Å²) in [5.74, 6) is -0.212. The molecule has 1 unspecified atom stereocenters. The van der Waals surface area contributed by atoms with Gasteiger partial charge in [-0.05, 0) is 31.2 Å². The van der Waals surface area contributed by atoms with Crippen LogP contribution < -0.4 is 14.8 Å². The Morgan fingerprint density at radius 2 is 1.81 bits per heavy atom. The van der Waals surface area contributed by atoms with Crippen molar-refractivity contribution in [1.82, 2.24) is 15.5 Å². The number of nitrogens with zero attached hydrogens (tertiary/aromatic N) is 2. The second kappa shape index (κ2) is 9.92. The second-order valence-corrected chi connectivity index (χ2v) is 6.55. The van der Waals surface area contributed by atoms with E-state index in [1.54, 1.807) is 12.1 Å². The number of carbonyl (C=O) groups excluding carboxylic acids is 1. The van der Waals surface area contributed by atoms with Gasteiger partial charge in [0.2, 0.25) is 5.88 Å². The van der Waals surface area contributed by atoms with Crippen molar-refractivity contribution in [2.75, 3.05) is 13.2 Å². The number of hydrogen-bond donors (Lipinski definition) is 1. The van der Waals surface area contributed by atoms with E-state index in [1.807, 2.05) is 30.3 Å². The minimum absolute atomic E-state index is 0.0393. The van der Waals surface area contributed by atoms with Crippen molar-refractivity contribution in [2.45, 2.75) is 19.2 Å². The Morgan fingerprint density at radius 3 is 2.48 bits per heavy atom. The first-order valence-corrected chi connectivity index (χ1v) is 9.46. The van der Waals surface area contributed by atoms with Gasteiger partial charge >= 0.3 is 6.18 Å². The van der Waals surface area contributed by atoms with Crippen molar-refractivity contribution in [3.05, 3.63) is 72.3 Å². The van der Waals surface area contributed by atoms with Gasteiger partial charge in [0.1, 0.15) is 12.4 Å². The summed E-state index contributed by atoms with van der Waals surface area (Å²) in [5, 5.41) is 10.7. The Kier molecular flexibility index (Phi) is 7.07. The number of halogens is 3. The lowest BCUT2D eigenvalue weighted by atomic mass is 10.1. The van der Waals surface area contributed by atoms with Gasteiger partial charge in [0.25, 0.3) is 5.91 Å². The number of rotatable bonds is 8. The van der Waals surface area contributed by atoms with Gasteiger partial charge in [0.05, 0.1) is 17.8 Å². The number of nitrogens with one attached hydrogen (secondary N) is 1. The molecule has 0 bridgehead atoms. The molecule has 31 heavy (non-hydrogen) atoms. The molecule has 1 heterocycles. The standard InChI is InChI=1S/C22H20F3N3O3/c1-15(31-18-9-5-8-17(14-18)22(23,24)25)21(29)26-12-13-30-20-11-10-19(27-28-20)16-6-3-2-4-7-16/h2-11,14-15H,12-13H2,1H3,(H,26,29). The lowest BCUT2D eigenvalue weighted by Crippen LogP contribution is -2.38. The van der Waals surface area contributed by atoms with Crippen molar-refractivity contribution < 1.29 is 27.4 Å². The summed E-state index contributed by atoms with van der Waals surface area (Å²) in [6, 6.07) is 17.4. The predicted molar refractivity (Wildman–Crippen MR) is 108 cm³/mol. The topological polar surface area (TPSA) is 73.3 Å². The highest BCUT2D eigenvalue weighted by Crippen LogP contribution is 2.31. The summed E-state index contributed by atoms with van der Waals surface area (Å²) in [7, 11) is 0. The van der Waals surface area contributed by atoms with Gasteiger partial charge in [0, 0.05) is 11.6 Å². The molecule has 1 atom stereocenters. The van der Waals surface area contributed by atoms with Crippen LogP contribution in [-0.4, -0.2) is 35.4 Å². The molecule has 162 valence electrons.